The third-order valence-electron chi connectivity index (χ3n) is 4.80. The minimum absolute atomic E-state index is 0. The normalized spacial score (nSPS) is 10.9. The zero-order valence-corrected chi connectivity index (χ0v) is 17.8. The molecule has 0 atom stereocenters. The molecule has 0 unspecified atom stereocenters. The Morgan fingerprint density at radius 3 is 2.94 bits per heavy atom. The molecule has 0 amide bonds. The molecule has 31 heavy (non-hydrogen) atoms. The molecule has 0 aliphatic carbocycles. The van der Waals surface area contributed by atoms with Gasteiger partial charge in [-0.3, -0.25) is 9.48 Å². The zero-order valence-electron chi connectivity index (χ0n) is 16.2. The molecule has 0 saturated carbocycles. The number of ketones is 1. The van der Waals surface area contributed by atoms with Crippen molar-refractivity contribution < 1.29 is 4.79 Å². The monoisotopic (exact) mass is 456 g/mol. The van der Waals surface area contributed by atoms with Crippen LogP contribution < -0.4 is 11.1 Å². The molecule has 9 heteroatoms. The van der Waals surface area contributed by atoms with Crippen LogP contribution in [0.5, 0.6) is 0 Å². The summed E-state index contributed by atoms with van der Waals surface area (Å²) in [6, 6.07) is 9.72. The molecule has 3 N–H and O–H groups in total. The first kappa shape index (κ1) is 22.9. The fraction of sp³-hybridized carbons (Fsp3) is 0.273. The van der Waals surface area contributed by atoms with Crippen LogP contribution in [0, 0.1) is 0 Å². The summed E-state index contributed by atoms with van der Waals surface area (Å²) in [6.45, 7) is 2.08. The van der Waals surface area contributed by atoms with Crippen LogP contribution in [0.3, 0.4) is 0 Å². The van der Waals surface area contributed by atoms with Crippen LogP contribution in [-0.2, 0) is 19.5 Å². The minimum atomic E-state index is 0. The van der Waals surface area contributed by atoms with Crippen molar-refractivity contribution in [1.29, 1.82) is 0 Å². The summed E-state index contributed by atoms with van der Waals surface area (Å²) in [5.41, 5.74) is 7.00. The lowest BCUT2D eigenvalue weighted by Gasteiger charge is -2.05. The van der Waals surface area contributed by atoms with Crippen LogP contribution in [0.1, 0.15) is 34.0 Å². The zero-order chi connectivity index (χ0) is 20.9. The number of rotatable bonds is 9. The van der Waals surface area contributed by atoms with Gasteiger partial charge in [0.05, 0.1) is 16.4 Å². The van der Waals surface area contributed by atoms with Gasteiger partial charge in [-0.25, -0.2) is 9.97 Å². The second-order valence-corrected chi connectivity index (χ2v) is 8.44. The van der Waals surface area contributed by atoms with E-state index in [1.807, 2.05) is 18.2 Å². The molecule has 0 spiro atoms. The van der Waals surface area contributed by atoms with Crippen molar-refractivity contribution >= 4 is 45.3 Å². The summed E-state index contributed by atoms with van der Waals surface area (Å²) in [7, 11) is 0. The minimum Gasteiger partial charge on any atom is -0.383 e. The first-order valence-electron chi connectivity index (χ1n) is 9.58. The number of fused-ring (bicyclic) bond motifs is 1. The van der Waals surface area contributed by atoms with Gasteiger partial charge in [0.15, 0.2) is 5.78 Å². The predicted octanol–water partition coefficient (Wildman–Crippen LogP) is 4.36. The average Bonchev–Trinajstić information content (AvgIpc) is 3.39. The Kier molecular flexibility index (Phi) is 7.73. The van der Waals surface area contributed by atoms with Gasteiger partial charge in [0.25, 0.3) is 0 Å². The van der Waals surface area contributed by atoms with E-state index >= 15 is 0 Å². The van der Waals surface area contributed by atoms with Crippen LogP contribution in [0.15, 0.2) is 49.2 Å². The van der Waals surface area contributed by atoms with Crippen molar-refractivity contribution in [2.24, 2.45) is 0 Å². The second-order valence-electron chi connectivity index (χ2n) is 6.89. The highest BCUT2D eigenvalue weighted by molar-refractivity contribution is 7.14. The van der Waals surface area contributed by atoms with E-state index in [2.05, 4.69) is 26.4 Å². The molecule has 3 aromatic heterocycles. The standard InChI is InChI=1S/C21H21ClN6OS.CH4/c22-17-10-19(30-20(17)11-24-7-8-28-13-25-12-27-28)18(29)4-2-14-1-3-16-15(9-14)5-6-26-21(16)23;/h1,3,5-6,9-10,12-13,24H,2,4,7-8,11H2,(H2,23,26);1H4. The van der Waals surface area contributed by atoms with Gasteiger partial charge in [0.1, 0.15) is 18.5 Å². The average molecular weight is 457 g/mol. The van der Waals surface area contributed by atoms with Crippen LogP contribution in [0.25, 0.3) is 10.8 Å². The number of halogens is 1. The molecule has 3 heterocycles. The Balaban J connectivity index is 0.00000272. The molecule has 0 aliphatic heterocycles. The fourth-order valence-electron chi connectivity index (χ4n) is 3.20. The number of aromatic nitrogens is 4. The summed E-state index contributed by atoms with van der Waals surface area (Å²) in [5.74, 6) is 0.621. The number of pyridine rings is 1. The number of hydrogen-bond donors (Lipinski definition) is 2. The molecule has 4 rings (SSSR count). The van der Waals surface area contributed by atoms with E-state index in [-0.39, 0.29) is 13.2 Å². The smallest absolute Gasteiger partial charge is 0.173 e. The molecule has 0 aliphatic rings. The van der Waals surface area contributed by atoms with Gasteiger partial charge in [-0.2, -0.15) is 5.10 Å². The lowest BCUT2D eigenvalue weighted by Crippen LogP contribution is -2.19. The van der Waals surface area contributed by atoms with E-state index in [1.54, 1.807) is 23.3 Å². The number of aryl methyl sites for hydroxylation is 1. The molecule has 7 nitrogen and oxygen atoms in total. The van der Waals surface area contributed by atoms with Crippen LogP contribution in [0.2, 0.25) is 5.02 Å². The predicted molar refractivity (Wildman–Crippen MR) is 127 cm³/mol. The number of hydrogen-bond acceptors (Lipinski definition) is 7. The molecule has 4 aromatic rings. The van der Waals surface area contributed by atoms with E-state index in [0.29, 0.717) is 35.1 Å². The number of anilines is 1. The quantitative estimate of drug-likeness (QED) is 0.286. The van der Waals surface area contributed by atoms with Crippen molar-refractivity contribution in [3.05, 3.63) is 69.5 Å². The van der Waals surface area contributed by atoms with Crippen molar-refractivity contribution in [3.8, 4) is 0 Å². The number of carbonyl (C=O) groups is 1. The Morgan fingerprint density at radius 1 is 1.26 bits per heavy atom. The van der Waals surface area contributed by atoms with Crippen molar-refractivity contribution in [1.82, 2.24) is 25.1 Å². The molecular weight excluding hydrogens is 432 g/mol. The Morgan fingerprint density at radius 2 is 2.13 bits per heavy atom. The van der Waals surface area contributed by atoms with Crippen LogP contribution in [0.4, 0.5) is 5.82 Å². The van der Waals surface area contributed by atoms with E-state index in [0.717, 1.165) is 34.3 Å². The maximum atomic E-state index is 12.7. The second kappa shape index (κ2) is 10.5. The number of carbonyl (C=O) groups excluding carboxylic acids is 1. The van der Waals surface area contributed by atoms with Gasteiger partial charge in [-0.05, 0) is 29.5 Å². The third kappa shape index (κ3) is 5.66. The highest BCUT2D eigenvalue weighted by Crippen LogP contribution is 2.28. The molecular formula is C22H25ClN6OS. The highest BCUT2D eigenvalue weighted by Gasteiger charge is 2.14. The molecule has 0 bridgehead atoms. The number of nitrogen functional groups attached to an aromatic ring is 1. The SMILES string of the molecule is C.Nc1nccc2cc(CCC(=O)c3cc(Cl)c(CNCCn4cncn4)s3)ccc12. The van der Waals surface area contributed by atoms with Crippen molar-refractivity contribution in [3.63, 3.8) is 0 Å². The van der Waals surface area contributed by atoms with Gasteiger partial charge in [0.2, 0.25) is 0 Å². The lowest BCUT2D eigenvalue weighted by atomic mass is 10.0. The molecule has 162 valence electrons. The van der Waals surface area contributed by atoms with E-state index in [9.17, 15) is 4.79 Å². The van der Waals surface area contributed by atoms with Crippen LogP contribution in [-0.4, -0.2) is 32.1 Å². The number of nitrogens with two attached hydrogens (primary N) is 1. The summed E-state index contributed by atoms with van der Waals surface area (Å²) in [4.78, 5) is 22.3. The molecule has 0 fully saturated rings. The molecule has 0 saturated heterocycles. The maximum absolute atomic E-state index is 12.7. The summed E-state index contributed by atoms with van der Waals surface area (Å²) in [6.07, 6.45) is 5.98. The van der Waals surface area contributed by atoms with Gasteiger partial charge < -0.3 is 11.1 Å². The maximum Gasteiger partial charge on any atom is 0.173 e. The van der Waals surface area contributed by atoms with Gasteiger partial charge in [0, 0.05) is 36.0 Å². The summed E-state index contributed by atoms with van der Waals surface area (Å²) in [5, 5.41) is 9.98. The number of nitrogens with one attached hydrogen (secondary N) is 1. The topological polar surface area (TPSA) is 98.7 Å². The molecule has 1 aromatic carbocycles. The van der Waals surface area contributed by atoms with Gasteiger partial charge in [-0.1, -0.05) is 37.2 Å². The fourth-order valence-corrected chi connectivity index (χ4v) is 4.54. The molecule has 0 radical (unpaired) electrons. The first-order chi connectivity index (χ1) is 14.6. The van der Waals surface area contributed by atoms with E-state index in [1.165, 1.54) is 17.7 Å². The Bertz CT molecular complexity index is 1160. The lowest BCUT2D eigenvalue weighted by molar-refractivity contribution is 0.0986. The van der Waals surface area contributed by atoms with E-state index < -0.39 is 0 Å². The van der Waals surface area contributed by atoms with Gasteiger partial charge >= 0.3 is 0 Å². The highest BCUT2D eigenvalue weighted by atomic mass is 35.5. The summed E-state index contributed by atoms with van der Waals surface area (Å²) < 4.78 is 1.76. The van der Waals surface area contributed by atoms with Crippen molar-refractivity contribution in [2.75, 3.05) is 12.3 Å². The largest absolute Gasteiger partial charge is 0.383 e. The van der Waals surface area contributed by atoms with Crippen LogP contribution >= 0.6 is 22.9 Å². The van der Waals surface area contributed by atoms with Gasteiger partial charge in [-0.15, -0.1) is 11.3 Å². The Labute approximate surface area is 190 Å². The number of benzene rings is 1. The van der Waals surface area contributed by atoms with E-state index in [4.69, 9.17) is 17.3 Å². The third-order valence-corrected chi connectivity index (χ3v) is 6.43. The van der Waals surface area contributed by atoms with Crippen molar-refractivity contribution in [2.45, 2.75) is 33.4 Å². The first-order valence-corrected chi connectivity index (χ1v) is 10.8. The Hall–Kier alpha value is -2.81. The number of Topliss-reactive ketones (excluding diaryl/α,β-unsaturated/α-hetero) is 1. The number of nitrogens with zero attached hydrogens (tertiary/aromatic N) is 4. The number of thiophene rings is 1. The summed E-state index contributed by atoms with van der Waals surface area (Å²) >= 11 is 7.79.